The molecule has 12 rings (SSSR count). The number of para-hydroxylation sites is 1. The van der Waals surface area contributed by atoms with Crippen molar-refractivity contribution in [3.63, 3.8) is 0 Å². The Kier molecular flexibility index (Phi) is 24.5. The molecule has 7 aromatic rings. The number of nitrogens with zero attached hydrogens (tertiary/aromatic N) is 8. The first-order valence-electron chi connectivity index (χ1n) is 30.7. The van der Waals surface area contributed by atoms with Gasteiger partial charge in [0.25, 0.3) is 17.1 Å². The topological polar surface area (TPSA) is 332 Å². The van der Waals surface area contributed by atoms with Crippen LogP contribution in [0.25, 0.3) is 21.5 Å². The molecule has 5 atom stereocenters. The monoisotopic (exact) mass is 1260 g/mol. The summed E-state index contributed by atoms with van der Waals surface area (Å²) >= 11 is 0. The van der Waals surface area contributed by atoms with Crippen molar-refractivity contribution in [1.82, 2.24) is 24.5 Å². The van der Waals surface area contributed by atoms with E-state index in [0.29, 0.717) is 51.0 Å². The summed E-state index contributed by atoms with van der Waals surface area (Å²) in [5, 5.41) is 82.5. The minimum absolute atomic E-state index is 0.0403. The molecule has 5 saturated heterocycles. The second-order valence-electron chi connectivity index (χ2n) is 23.4. The summed E-state index contributed by atoms with van der Waals surface area (Å²) < 4.78 is 0. The minimum atomic E-state index is -0.855. The van der Waals surface area contributed by atoms with Crippen LogP contribution < -0.4 is 0 Å². The van der Waals surface area contributed by atoms with E-state index in [1.54, 1.807) is 47.4 Å². The molecule has 0 saturated carbocycles. The van der Waals surface area contributed by atoms with Crippen molar-refractivity contribution in [3.05, 3.63) is 216 Å². The van der Waals surface area contributed by atoms with E-state index in [4.69, 9.17) is 15.3 Å². The normalized spacial score (nSPS) is 19.9. The highest BCUT2D eigenvalue weighted by atomic mass is 16.6. The lowest BCUT2D eigenvalue weighted by molar-refractivity contribution is -0.385. The standard InChI is InChI=1S/2C16H17NO2.3C12H14N2O4/c18-16(19)15-9-4-10-17(15)11-13-7-3-6-12-5-1-2-8-14(12)13;18-16(19)15-6-3-9-17(15)11-12-7-8-13-4-1-2-5-14(13)10-12;15-12(16)11-5-2-6-13(11)8-9-3-1-4-10(7-9)14(17)18;15-12(16)11-2-1-7-13(11)8-9-3-5-10(6-4-9)14(17)18;15-12(16)11-6-3-7-13(11)8-9-4-1-2-5-10(9)14(17)18/h1-3,5-8,15H,4,9-11H2,(H,18,19);1-2,4-5,7-8,10,15H,3,6,9,11H2,(H,18,19);1,3-4,7,11H,2,5-6,8H2,(H,15,16);3-6,11H,1-2,7-8H2,(H,15,16);1-2,4-5,11H,3,6-8H2,(H,15,16)/t2*15-;3*11-/m00000/s1. The molecule has 0 radical (unpaired) electrons. The van der Waals surface area contributed by atoms with Crippen molar-refractivity contribution in [2.45, 2.75) is 127 Å². The first kappa shape index (κ1) is 68.3. The van der Waals surface area contributed by atoms with Gasteiger partial charge >= 0.3 is 29.8 Å². The van der Waals surface area contributed by atoms with E-state index in [1.807, 2.05) is 40.1 Å². The van der Waals surface area contributed by atoms with E-state index in [2.05, 4.69) is 64.4 Å². The first-order chi connectivity index (χ1) is 44.2. The molecule has 0 aliphatic carbocycles. The molecule has 7 aromatic carbocycles. The molecule has 24 nitrogen and oxygen atoms in total. The molecule has 5 aliphatic rings. The third-order valence-electron chi connectivity index (χ3n) is 17.3. The van der Waals surface area contributed by atoms with Gasteiger partial charge in [-0.25, -0.2) is 0 Å². The van der Waals surface area contributed by atoms with Crippen LogP contribution in [0, 0.1) is 30.3 Å². The zero-order chi connectivity index (χ0) is 65.8. The smallest absolute Gasteiger partial charge is 0.320 e. The van der Waals surface area contributed by atoms with E-state index in [-0.39, 0.29) is 29.1 Å². The summed E-state index contributed by atoms with van der Waals surface area (Å²) in [5.41, 5.74) is 4.78. The molecule has 5 heterocycles. The third kappa shape index (κ3) is 18.8. The summed E-state index contributed by atoms with van der Waals surface area (Å²) in [4.78, 5) is 95.9. The second-order valence-corrected chi connectivity index (χ2v) is 23.4. The highest BCUT2D eigenvalue weighted by Gasteiger charge is 2.35. The highest BCUT2D eigenvalue weighted by molar-refractivity contribution is 5.86. The SMILES string of the molecule is O=C(O)[C@@H]1CCCN1Cc1ccc([N+](=O)[O-])cc1.O=C(O)[C@@H]1CCCN1Cc1ccc2ccccc2c1.O=C(O)[C@@H]1CCCN1Cc1cccc([N+](=O)[O-])c1.O=C(O)[C@@H]1CCCN1Cc1cccc2ccccc12.O=C(O)[C@@H]1CCCN1Cc1ccccc1[N+](=O)[O-]. The molecule has 92 heavy (non-hydrogen) atoms. The van der Waals surface area contributed by atoms with Gasteiger partial charge in [-0.15, -0.1) is 0 Å². The fourth-order valence-electron chi connectivity index (χ4n) is 12.7. The van der Waals surface area contributed by atoms with Crippen LogP contribution in [-0.4, -0.2) is 158 Å². The van der Waals surface area contributed by atoms with Crippen molar-refractivity contribution in [2.24, 2.45) is 0 Å². The van der Waals surface area contributed by atoms with Crippen LogP contribution >= 0.6 is 0 Å². The van der Waals surface area contributed by atoms with Crippen molar-refractivity contribution in [3.8, 4) is 0 Å². The van der Waals surface area contributed by atoms with Crippen molar-refractivity contribution >= 4 is 68.5 Å². The van der Waals surface area contributed by atoms with Gasteiger partial charge in [0.05, 0.1) is 14.8 Å². The average molecular weight is 1260 g/mol. The van der Waals surface area contributed by atoms with Gasteiger partial charge in [0.1, 0.15) is 30.2 Å². The van der Waals surface area contributed by atoms with Crippen LogP contribution in [0.1, 0.15) is 92.0 Å². The van der Waals surface area contributed by atoms with Gasteiger partial charge in [-0.1, -0.05) is 121 Å². The van der Waals surface area contributed by atoms with Gasteiger partial charge < -0.3 is 25.5 Å². The van der Waals surface area contributed by atoms with E-state index in [0.717, 1.165) is 95.3 Å². The predicted molar refractivity (Wildman–Crippen MR) is 343 cm³/mol. The van der Waals surface area contributed by atoms with Crippen LogP contribution in [0.2, 0.25) is 0 Å². The van der Waals surface area contributed by atoms with Gasteiger partial charge in [0, 0.05) is 68.6 Å². The zero-order valence-electron chi connectivity index (χ0n) is 50.8. The van der Waals surface area contributed by atoms with E-state index in [1.165, 1.54) is 63.0 Å². The summed E-state index contributed by atoms with van der Waals surface area (Å²) in [6.07, 6.45) is 7.95. The number of nitro groups is 3. The predicted octanol–water partition coefficient (Wildman–Crippen LogP) is 10.7. The third-order valence-corrected chi connectivity index (χ3v) is 17.3. The van der Waals surface area contributed by atoms with Crippen LogP contribution in [0.5, 0.6) is 0 Å². The number of hydrogen-bond donors (Lipinski definition) is 5. The number of benzene rings is 7. The van der Waals surface area contributed by atoms with Crippen LogP contribution in [-0.2, 0) is 56.7 Å². The fraction of sp³-hybridized carbons (Fsp3) is 0.368. The Bertz CT molecular complexity index is 3730. The number of hydrogen-bond acceptors (Lipinski definition) is 16. The van der Waals surface area contributed by atoms with Crippen molar-refractivity contribution in [1.29, 1.82) is 0 Å². The second kappa shape index (κ2) is 32.9. The lowest BCUT2D eigenvalue weighted by Crippen LogP contribution is -2.35. The van der Waals surface area contributed by atoms with Gasteiger partial charge in [0.15, 0.2) is 0 Å². The molecular formula is C68H76N8O16. The van der Waals surface area contributed by atoms with E-state index < -0.39 is 62.7 Å². The molecule has 0 spiro atoms. The molecule has 0 aromatic heterocycles. The number of carbonyl (C=O) groups is 5. The Labute approximate surface area is 531 Å². The molecule has 5 N–H and O–H groups in total. The number of non-ortho nitro benzene ring substituents is 2. The quantitative estimate of drug-likeness (QED) is 0.0394. The molecule has 0 unspecified atom stereocenters. The molecule has 5 aliphatic heterocycles. The Hall–Kier alpha value is -9.59. The Balaban J connectivity index is 0.000000148. The maximum atomic E-state index is 11.2. The van der Waals surface area contributed by atoms with Crippen molar-refractivity contribution < 1.29 is 64.3 Å². The maximum Gasteiger partial charge on any atom is 0.320 e. The van der Waals surface area contributed by atoms with Gasteiger partial charge in [-0.05, 0) is 147 Å². The van der Waals surface area contributed by atoms with Gasteiger partial charge in [-0.2, -0.15) is 0 Å². The van der Waals surface area contributed by atoms with Crippen LogP contribution in [0.15, 0.2) is 158 Å². The minimum Gasteiger partial charge on any atom is -0.480 e. The Morgan fingerprint density at radius 3 is 1.20 bits per heavy atom. The summed E-state index contributed by atoms with van der Waals surface area (Å²) in [5.74, 6) is -3.87. The largest absolute Gasteiger partial charge is 0.480 e. The highest BCUT2D eigenvalue weighted by Crippen LogP contribution is 2.29. The summed E-state index contributed by atoms with van der Waals surface area (Å²) in [7, 11) is 0. The van der Waals surface area contributed by atoms with E-state index >= 15 is 0 Å². The average Bonchev–Trinajstić information content (AvgIpc) is 1.36. The first-order valence-corrected chi connectivity index (χ1v) is 30.7. The van der Waals surface area contributed by atoms with Crippen molar-refractivity contribution in [2.75, 3.05) is 32.7 Å². The zero-order valence-corrected chi connectivity index (χ0v) is 50.8. The number of carboxylic acids is 5. The lowest BCUT2D eigenvalue weighted by Gasteiger charge is -2.21. The molecule has 0 bridgehead atoms. The van der Waals surface area contributed by atoms with Crippen LogP contribution in [0.3, 0.4) is 0 Å². The number of aliphatic carboxylic acids is 5. The molecule has 24 heteroatoms. The fourth-order valence-corrected chi connectivity index (χ4v) is 12.7. The van der Waals surface area contributed by atoms with E-state index in [9.17, 15) is 64.5 Å². The molecule has 5 fully saturated rings. The van der Waals surface area contributed by atoms with Gasteiger partial charge in [0.2, 0.25) is 0 Å². The number of likely N-dealkylation sites (tertiary alicyclic amines) is 5. The lowest BCUT2D eigenvalue weighted by atomic mass is 10.0. The Morgan fingerprint density at radius 1 is 0.348 bits per heavy atom. The molecule has 0 amide bonds. The van der Waals surface area contributed by atoms with Gasteiger partial charge in [-0.3, -0.25) is 78.8 Å². The molecule has 484 valence electrons. The Morgan fingerprint density at radius 2 is 0.717 bits per heavy atom. The maximum absolute atomic E-state index is 11.2. The van der Waals surface area contributed by atoms with Crippen LogP contribution in [0.4, 0.5) is 17.1 Å². The summed E-state index contributed by atoms with van der Waals surface area (Å²) in [6.45, 7) is 6.63. The number of nitro benzene ring substituents is 3. The summed E-state index contributed by atoms with van der Waals surface area (Å²) in [6, 6.07) is 46.1. The number of rotatable bonds is 18. The number of fused-ring (bicyclic) bond motifs is 2. The number of carboxylic acid groups (broad SMARTS) is 5. The molecular weight excluding hydrogens is 1180 g/mol.